The molecule has 1 aliphatic rings. The molecule has 29 heavy (non-hydrogen) atoms. The SMILES string of the molecule is CCc1ccc(-c2nc(SC[C@@H]3C[NH2+][C@@H](c4ccc(N(C)C)cc4)O3)n[nH]2)cc1. The van der Waals surface area contributed by atoms with Gasteiger partial charge in [-0.3, -0.25) is 5.10 Å². The van der Waals surface area contributed by atoms with E-state index < -0.39 is 0 Å². The number of nitrogens with two attached hydrogens (primary N) is 1. The Bertz CT molecular complexity index is 923. The molecule has 0 saturated carbocycles. The summed E-state index contributed by atoms with van der Waals surface area (Å²) < 4.78 is 6.23. The zero-order valence-corrected chi connectivity index (χ0v) is 17.9. The summed E-state index contributed by atoms with van der Waals surface area (Å²) in [6.07, 6.45) is 1.29. The van der Waals surface area contributed by atoms with Crippen molar-refractivity contribution in [1.29, 1.82) is 0 Å². The summed E-state index contributed by atoms with van der Waals surface area (Å²) in [5, 5.41) is 10.4. The highest BCUT2D eigenvalue weighted by molar-refractivity contribution is 7.99. The molecule has 3 aromatic rings. The quantitative estimate of drug-likeness (QED) is 0.586. The Labute approximate surface area is 176 Å². The summed E-state index contributed by atoms with van der Waals surface area (Å²) >= 11 is 1.64. The molecule has 6 nitrogen and oxygen atoms in total. The minimum Gasteiger partial charge on any atom is -0.378 e. The first-order valence-corrected chi connectivity index (χ1v) is 11.0. The first-order chi connectivity index (χ1) is 14.1. The molecule has 2 heterocycles. The number of rotatable bonds is 7. The smallest absolute Gasteiger partial charge is 0.217 e. The van der Waals surface area contributed by atoms with E-state index >= 15 is 0 Å². The first kappa shape index (κ1) is 19.9. The lowest BCUT2D eigenvalue weighted by Crippen LogP contribution is -2.82. The van der Waals surface area contributed by atoms with Crippen LogP contribution in [0, 0.1) is 0 Å². The third-order valence-corrected chi connectivity index (χ3v) is 6.17. The van der Waals surface area contributed by atoms with E-state index in [4.69, 9.17) is 4.74 Å². The standard InChI is InChI=1S/C22H27N5OS/c1-4-15-5-7-16(8-6-15)20-24-22(26-25-20)29-14-19-13-23-21(28-19)17-9-11-18(12-10-17)27(2)3/h5-12,19,21,23H,4,13-14H2,1-3H3,(H,24,25,26)/p+1/t19-,21+/m0/s1. The second kappa shape index (κ2) is 8.98. The van der Waals surface area contributed by atoms with Gasteiger partial charge in [0.2, 0.25) is 11.4 Å². The number of H-pyrrole nitrogens is 1. The highest BCUT2D eigenvalue weighted by Crippen LogP contribution is 2.24. The molecule has 2 atom stereocenters. The molecule has 152 valence electrons. The molecule has 1 aromatic heterocycles. The Morgan fingerprint density at radius 1 is 1.14 bits per heavy atom. The zero-order chi connectivity index (χ0) is 20.2. The first-order valence-electron chi connectivity index (χ1n) is 10.0. The van der Waals surface area contributed by atoms with Crippen LogP contribution in [0.25, 0.3) is 11.4 Å². The topological polar surface area (TPSA) is 70.7 Å². The van der Waals surface area contributed by atoms with Gasteiger partial charge in [-0.1, -0.05) is 43.0 Å². The van der Waals surface area contributed by atoms with E-state index in [-0.39, 0.29) is 12.3 Å². The van der Waals surface area contributed by atoms with Crippen molar-refractivity contribution in [2.75, 3.05) is 31.3 Å². The van der Waals surface area contributed by atoms with E-state index in [0.717, 1.165) is 35.3 Å². The molecule has 4 rings (SSSR count). The second-order valence-corrected chi connectivity index (χ2v) is 8.45. The van der Waals surface area contributed by atoms with E-state index in [2.05, 4.69) is 94.9 Å². The number of benzene rings is 2. The third kappa shape index (κ3) is 4.80. The van der Waals surface area contributed by atoms with Gasteiger partial charge in [-0.15, -0.1) is 5.10 Å². The minimum atomic E-state index is 0.0663. The van der Waals surface area contributed by atoms with Crippen LogP contribution in [0.1, 0.15) is 24.3 Å². The number of anilines is 1. The van der Waals surface area contributed by atoms with Crippen molar-refractivity contribution in [2.45, 2.75) is 30.8 Å². The zero-order valence-electron chi connectivity index (χ0n) is 17.1. The fourth-order valence-corrected chi connectivity index (χ4v) is 4.20. The second-order valence-electron chi connectivity index (χ2n) is 7.46. The average molecular weight is 411 g/mol. The lowest BCUT2D eigenvalue weighted by atomic mass is 10.1. The van der Waals surface area contributed by atoms with Crippen LogP contribution in [-0.2, 0) is 11.2 Å². The number of hydrogen-bond donors (Lipinski definition) is 2. The molecular weight excluding hydrogens is 382 g/mol. The molecule has 7 heteroatoms. The maximum Gasteiger partial charge on any atom is 0.217 e. The van der Waals surface area contributed by atoms with Gasteiger partial charge in [0.1, 0.15) is 12.6 Å². The molecule has 2 aromatic carbocycles. The van der Waals surface area contributed by atoms with E-state index in [1.807, 2.05) is 0 Å². The van der Waals surface area contributed by atoms with Gasteiger partial charge in [-0.2, -0.15) is 0 Å². The third-order valence-electron chi connectivity index (χ3n) is 5.19. The van der Waals surface area contributed by atoms with Gasteiger partial charge in [-0.05, 0) is 36.2 Å². The van der Waals surface area contributed by atoms with Crippen molar-refractivity contribution < 1.29 is 10.1 Å². The number of hydrogen-bond acceptors (Lipinski definition) is 5. The fourth-order valence-electron chi connectivity index (χ4n) is 3.38. The monoisotopic (exact) mass is 410 g/mol. The van der Waals surface area contributed by atoms with Crippen LogP contribution in [0.4, 0.5) is 5.69 Å². The molecule has 0 unspecified atom stereocenters. The lowest BCUT2D eigenvalue weighted by molar-refractivity contribution is -0.697. The van der Waals surface area contributed by atoms with Crippen LogP contribution >= 0.6 is 11.8 Å². The predicted molar refractivity (Wildman–Crippen MR) is 117 cm³/mol. The van der Waals surface area contributed by atoms with Gasteiger partial charge in [0.05, 0.1) is 0 Å². The molecule has 0 amide bonds. The number of ether oxygens (including phenoxy) is 1. The number of quaternary nitrogens is 1. The van der Waals surface area contributed by atoms with E-state index in [0.29, 0.717) is 0 Å². The van der Waals surface area contributed by atoms with Crippen molar-refractivity contribution in [1.82, 2.24) is 15.2 Å². The van der Waals surface area contributed by atoms with Crippen LogP contribution < -0.4 is 10.2 Å². The van der Waals surface area contributed by atoms with E-state index in [1.54, 1.807) is 11.8 Å². The van der Waals surface area contributed by atoms with Crippen LogP contribution in [0.2, 0.25) is 0 Å². The van der Waals surface area contributed by atoms with Gasteiger partial charge >= 0.3 is 0 Å². The van der Waals surface area contributed by atoms with E-state index in [1.165, 1.54) is 16.8 Å². The van der Waals surface area contributed by atoms with Gasteiger partial charge in [0.25, 0.3) is 0 Å². The normalized spacial score (nSPS) is 18.9. The van der Waals surface area contributed by atoms with E-state index in [9.17, 15) is 0 Å². The summed E-state index contributed by atoms with van der Waals surface area (Å²) in [5.41, 5.74) is 4.79. The fraction of sp³-hybridized carbons (Fsp3) is 0.364. The molecule has 0 bridgehead atoms. The summed E-state index contributed by atoms with van der Waals surface area (Å²) in [5.74, 6) is 1.65. The van der Waals surface area contributed by atoms with Gasteiger partial charge in [0.15, 0.2) is 5.82 Å². The molecule has 1 fully saturated rings. The highest BCUT2D eigenvalue weighted by atomic mass is 32.2. The Kier molecular flexibility index (Phi) is 6.18. The van der Waals surface area contributed by atoms with Crippen molar-refractivity contribution in [3.8, 4) is 11.4 Å². The Balaban J connectivity index is 1.30. The average Bonchev–Trinajstić information content (AvgIpc) is 3.42. The largest absolute Gasteiger partial charge is 0.378 e. The number of aryl methyl sites for hydroxylation is 1. The number of nitrogens with zero attached hydrogens (tertiary/aromatic N) is 3. The summed E-state index contributed by atoms with van der Waals surface area (Å²) in [6.45, 7) is 3.10. The Morgan fingerprint density at radius 3 is 2.59 bits per heavy atom. The van der Waals surface area contributed by atoms with Crippen LogP contribution in [0.5, 0.6) is 0 Å². The Hall–Kier alpha value is -2.35. The number of nitrogens with one attached hydrogen (secondary N) is 1. The number of aromatic nitrogens is 3. The van der Waals surface area contributed by atoms with Crippen molar-refractivity contribution >= 4 is 17.4 Å². The highest BCUT2D eigenvalue weighted by Gasteiger charge is 2.30. The van der Waals surface area contributed by atoms with Gasteiger partial charge < -0.3 is 15.0 Å². The summed E-state index contributed by atoms with van der Waals surface area (Å²) in [6, 6.07) is 17.0. The molecule has 0 radical (unpaired) electrons. The number of aromatic amines is 1. The summed E-state index contributed by atoms with van der Waals surface area (Å²) in [7, 11) is 4.10. The maximum absolute atomic E-state index is 6.23. The maximum atomic E-state index is 6.23. The Morgan fingerprint density at radius 2 is 1.90 bits per heavy atom. The van der Waals surface area contributed by atoms with Crippen molar-refractivity contribution in [3.05, 3.63) is 59.7 Å². The van der Waals surface area contributed by atoms with Gasteiger partial charge in [-0.25, -0.2) is 4.98 Å². The predicted octanol–water partition coefficient (Wildman–Crippen LogP) is 2.85. The van der Waals surface area contributed by atoms with Crippen LogP contribution in [0.3, 0.4) is 0 Å². The minimum absolute atomic E-state index is 0.0663. The lowest BCUT2D eigenvalue weighted by Gasteiger charge is -2.14. The van der Waals surface area contributed by atoms with Gasteiger partial charge in [0, 0.05) is 36.7 Å². The summed E-state index contributed by atoms with van der Waals surface area (Å²) in [4.78, 5) is 6.73. The van der Waals surface area contributed by atoms with Crippen molar-refractivity contribution in [2.24, 2.45) is 0 Å². The van der Waals surface area contributed by atoms with Crippen LogP contribution in [-0.4, -0.2) is 47.7 Å². The molecule has 3 N–H and O–H groups in total. The van der Waals surface area contributed by atoms with Crippen LogP contribution in [0.15, 0.2) is 53.7 Å². The number of thioether (sulfide) groups is 1. The molecule has 0 aliphatic carbocycles. The molecule has 1 aliphatic heterocycles. The molecular formula is C22H28N5OS+. The molecule has 0 spiro atoms. The van der Waals surface area contributed by atoms with Crippen molar-refractivity contribution in [3.63, 3.8) is 0 Å². The molecule has 1 saturated heterocycles.